The molecule has 0 aliphatic carbocycles. The van der Waals surface area contributed by atoms with Crippen LogP contribution in [0.4, 0.5) is 0 Å². The Kier molecular flexibility index (Phi) is 51.6. The molecule has 0 aromatic carbocycles. The summed E-state index contributed by atoms with van der Waals surface area (Å²) in [4.78, 5) is 8.81. The fraction of sp³-hybridized carbons (Fsp3) is 0.875. The van der Waals surface area contributed by atoms with Gasteiger partial charge in [0.05, 0.1) is 0 Å². The Hall–Kier alpha value is -0.410. The van der Waals surface area contributed by atoms with Crippen molar-refractivity contribution in [3.8, 4) is 0 Å². The zero-order valence-electron chi connectivity index (χ0n) is 8.18. The summed E-state index contributed by atoms with van der Waals surface area (Å²) in [6, 6.07) is 0. The molecular formula is C8H22N2O. The molecule has 0 bridgehead atoms. The van der Waals surface area contributed by atoms with Crippen LogP contribution in [0.1, 0.15) is 27.7 Å². The number of rotatable bonds is 2. The van der Waals surface area contributed by atoms with Crippen LogP contribution in [0.2, 0.25) is 0 Å². The third-order valence-corrected chi connectivity index (χ3v) is 0.500. The molecule has 0 saturated heterocycles. The number of aldehydes is 1. The minimum absolute atomic E-state index is 0.750. The van der Waals surface area contributed by atoms with E-state index in [2.05, 4.69) is 19.2 Å². The van der Waals surface area contributed by atoms with E-state index in [9.17, 15) is 0 Å². The third-order valence-electron chi connectivity index (χ3n) is 0.500. The molecule has 0 aromatic rings. The van der Waals surface area contributed by atoms with Crippen LogP contribution < -0.4 is 11.1 Å². The minimum atomic E-state index is 0.750. The van der Waals surface area contributed by atoms with Gasteiger partial charge in [-0.3, -0.25) is 0 Å². The van der Waals surface area contributed by atoms with Gasteiger partial charge in [0.25, 0.3) is 0 Å². The van der Waals surface area contributed by atoms with Gasteiger partial charge in [-0.25, -0.2) is 0 Å². The Morgan fingerprint density at radius 2 is 1.45 bits per heavy atom. The summed E-state index contributed by atoms with van der Waals surface area (Å²) in [6.45, 7) is 10.5. The molecule has 0 heterocycles. The van der Waals surface area contributed by atoms with Gasteiger partial charge in [-0.05, 0) is 26.6 Å². The molecule has 3 N–H and O–H groups in total. The third kappa shape index (κ3) is 219. The topological polar surface area (TPSA) is 55.1 Å². The first-order valence-corrected chi connectivity index (χ1v) is 4.05. The maximum atomic E-state index is 8.81. The van der Waals surface area contributed by atoms with Crippen molar-refractivity contribution in [2.75, 3.05) is 19.6 Å². The average Bonchev–Trinajstić information content (AvgIpc) is 1.92. The quantitative estimate of drug-likeness (QED) is 0.590. The maximum Gasteiger partial charge on any atom is 0.116 e. The van der Waals surface area contributed by atoms with E-state index in [0.29, 0.717) is 0 Å². The zero-order chi connectivity index (χ0) is 9.54. The number of carbonyl (C=O) groups is 1. The van der Waals surface area contributed by atoms with Crippen molar-refractivity contribution in [3.05, 3.63) is 0 Å². The molecule has 0 fully saturated rings. The van der Waals surface area contributed by atoms with Crippen LogP contribution >= 0.6 is 0 Å². The van der Waals surface area contributed by atoms with Crippen LogP contribution in [0.15, 0.2) is 0 Å². The first-order valence-electron chi connectivity index (χ1n) is 4.05. The molecule has 3 nitrogen and oxygen atoms in total. The molecule has 0 amide bonds. The summed E-state index contributed by atoms with van der Waals surface area (Å²) in [5.74, 6) is 0. The fourth-order valence-corrected chi connectivity index (χ4v) is 0.250. The predicted molar refractivity (Wildman–Crippen MR) is 50.7 cm³/mol. The highest BCUT2D eigenvalue weighted by Gasteiger charge is 1.62. The van der Waals surface area contributed by atoms with Crippen molar-refractivity contribution in [1.82, 2.24) is 5.32 Å². The van der Waals surface area contributed by atoms with Crippen LogP contribution in [-0.4, -0.2) is 25.9 Å². The standard InChI is InChI=1S/C4H11N.C2H7N.C2H4O/c1-3-5-4-2;2*1-2-3/h5H,3-4H2,1-2H3;2-3H2,1H3;2H,1H3. The minimum Gasteiger partial charge on any atom is -0.331 e. The average molecular weight is 162 g/mol. The summed E-state index contributed by atoms with van der Waals surface area (Å²) in [5, 5.41) is 3.11. The Balaban J connectivity index is -0.0000000933. The van der Waals surface area contributed by atoms with Crippen molar-refractivity contribution in [2.24, 2.45) is 5.73 Å². The molecular weight excluding hydrogens is 140 g/mol. The van der Waals surface area contributed by atoms with Crippen LogP contribution in [-0.2, 0) is 4.79 Å². The van der Waals surface area contributed by atoms with Crippen molar-refractivity contribution < 1.29 is 4.79 Å². The zero-order valence-corrected chi connectivity index (χ0v) is 8.18. The predicted octanol–water partition coefficient (Wildman–Crippen LogP) is 0.786. The molecule has 11 heavy (non-hydrogen) atoms. The first kappa shape index (κ1) is 16.9. The monoisotopic (exact) mass is 162 g/mol. The SMILES string of the molecule is CC=O.CCN.CCNCC. The Bertz CT molecular complexity index is 47.4. The van der Waals surface area contributed by atoms with Gasteiger partial charge < -0.3 is 15.8 Å². The Morgan fingerprint density at radius 1 is 1.27 bits per heavy atom. The first-order chi connectivity index (χ1) is 5.24. The van der Waals surface area contributed by atoms with E-state index >= 15 is 0 Å². The second-order valence-corrected chi connectivity index (χ2v) is 1.60. The number of nitrogens with one attached hydrogen (secondary N) is 1. The summed E-state index contributed by atoms with van der Waals surface area (Å²) >= 11 is 0. The van der Waals surface area contributed by atoms with E-state index in [1.165, 1.54) is 6.92 Å². The summed E-state index contributed by atoms with van der Waals surface area (Å²) in [6.07, 6.45) is 0.750. The van der Waals surface area contributed by atoms with Gasteiger partial charge in [0, 0.05) is 0 Å². The van der Waals surface area contributed by atoms with Gasteiger partial charge in [0.1, 0.15) is 6.29 Å². The Labute approximate surface area is 70.4 Å². The normalized spacial score (nSPS) is 6.64. The second-order valence-electron chi connectivity index (χ2n) is 1.60. The lowest BCUT2D eigenvalue weighted by Crippen LogP contribution is -2.09. The summed E-state index contributed by atoms with van der Waals surface area (Å²) < 4.78 is 0. The van der Waals surface area contributed by atoms with E-state index in [-0.39, 0.29) is 0 Å². The van der Waals surface area contributed by atoms with E-state index < -0.39 is 0 Å². The molecule has 0 saturated carbocycles. The van der Waals surface area contributed by atoms with Crippen LogP contribution in [0.3, 0.4) is 0 Å². The van der Waals surface area contributed by atoms with Gasteiger partial charge in [0.15, 0.2) is 0 Å². The van der Waals surface area contributed by atoms with Crippen molar-refractivity contribution in [2.45, 2.75) is 27.7 Å². The molecule has 0 unspecified atom stereocenters. The number of hydrogen-bond donors (Lipinski definition) is 2. The van der Waals surface area contributed by atoms with E-state index in [1.807, 2.05) is 6.92 Å². The Morgan fingerprint density at radius 3 is 1.45 bits per heavy atom. The lowest BCUT2D eigenvalue weighted by molar-refractivity contribution is -0.106. The number of carbonyl (C=O) groups excluding carboxylic acids is 1. The molecule has 0 aliphatic heterocycles. The molecule has 0 atom stereocenters. The van der Waals surface area contributed by atoms with Gasteiger partial charge in [-0.15, -0.1) is 0 Å². The number of nitrogens with two attached hydrogens (primary N) is 1. The second kappa shape index (κ2) is 33.6. The van der Waals surface area contributed by atoms with Crippen LogP contribution in [0.5, 0.6) is 0 Å². The van der Waals surface area contributed by atoms with Gasteiger partial charge >= 0.3 is 0 Å². The van der Waals surface area contributed by atoms with Crippen molar-refractivity contribution in [3.63, 3.8) is 0 Å². The molecule has 0 spiro atoms. The summed E-state index contributed by atoms with van der Waals surface area (Å²) in [7, 11) is 0. The smallest absolute Gasteiger partial charge is 0.116 e. The molecule has 70 valence electrons. The van der Waals surface area contributed by atoms with E-state index in [4.69, 9.17) is 10.5 Å². The van der Waals surface area contributed by atoms with Crippen LogP contribution in [0, 0.1) is 0 Å². The number of hydrogen-bond acceptors (Lipinski definition) is 3. The molecule has 0 rings (SSSR count). The van der Waals surface area contributed by atoms with Crippen molar-refractivity contribution >= 4 is 6.29 Å². The highest BCUT2D eigenvalue weighted by atomic mass is 16.1. The fourth-order valence-electron chi connectivity index (χ4n) is 0.250. The molecule has 0 aliphatic rings. The lowest BCUT2D eigenvalue weighted by atomic mass is 10.7. The maximum absolute atomic E-state index is 8.81. The van der Waals surface area contributed by atoms with Gasteiger partial charge in [-0.1, -0.05) is 20.8 Å². The van der Waals surface area contributed by atoms with Crippen LogP contribution in [0.25, 0.3) is 0 Å². The molecule has 3 heteroatoms. The lowest BCUT2D eigenvalue weighted by Gasteiger charge is -1.86. The van der Waals surface area contributed by atoms with E-state index in [1.54, 1.807) is 0 Å². The summed E-state index contributed by atoms with van der Waals surface area (Å²) in [5.41, 5.74) is 4.85. The molecule has 0 aromatic heterocycles. The largest absolute Gasteiger partial charge is 0.331 e. The highest BCUT2D eigenvalue weighted by molar-refractivity contribution is 5.44. The van der Waals surface area contributed by atoms with Crippen molar-refractivity contribution in [1.29, 1.82) is 0 Å². The molecule has 0 radical (unpaired) electrons. The van der Waals surface area contributed by atoms with Gasteiger partial charge in [0.2, 0.25) is 0 Å². The van der Waals surface area contributed by atoms with Gasteiger partial charge in [-0.2, -0.15) is 0 Å². The highest BCUT2D eigenvalue weighted by Crippen LogP contribution is 1.47. The van der Waals surface area contributed by atoms with E-state index in [0.717, 1.165) is 25.9 Å².